The Balaban J connectivity index is 4.43. The molecule has 0 aliphatic rings. The van der Waals surface area contributed by atoms with Crippen LogP contribution in [0.4, 0.5) is 0 Å². The molecule has 0 N–H and O–H groups in total. The molecule has 0 rings (SSSR count). The molecular weight excluding hydrogens is 394 g/mol. The molecule has 0 aliphatic heterocycles. The molecule has 0 aromatic carbocycles. The van der Waals surface area contributed by atoms with Crippen molar-refractivity contribution in [2.75, 3.05) is 0 Å². The summed E-state index contributed by atoms with van der Waals surface area (Å²) in [5.74, 6) is 0. The van der Waals surface area contributed by atoms with Gasteiger partial charge in [-0.15, -0.1) is 11.8 Å². The molecule has 0 unspecified atom stereocenters. The van der Waals surface area contributed by atoms with Crippen molar-refractivity contribution in [1.29, 1.82) is 0 Å². The van der Waals surface area contributed by atoms with E-state index in [9.17, 15) is 0 Å². The largest absolute Gasteiger partial charge is 0.113 e. The van der Waals surface area contributed by atoms with Gasteiger partial charge in [0.1, 0.15) is 0 Å². The number of halogens is 2. The fraction of sp³-hybridized carbons (Fsp3) is 0.778. The van der Waals surface area contributed by atoms with Gasteiger partial charge in [0.2, 0.25) is 0 Å². The van der Waals surface area contributed by atoms with Gasteiger partial charge in [-0.2, -0.15) is 0 Å². The maximum absolute atomic E-state index is 2.49. The number of rotatable bonds is 3. The van der Waals surface area contributed by atoms with Gasteiger partial charge >= 0.3 is 0 Å². The first-order valence-electron chi connectivity index (χ1n) is 3.90. The SMILES string of the molecule is C/C=C(\SC(C)(C)I)C(C)(C)I. The second-order valence-corrected chi connectivity index (χ2v) is 11.4. The van der Waals surface area contributed by atoms with Gasteiger partial charge in [-0.3, -0.25) is 0 Å². The van der Waals surface area contributed by atoms with Crippen molar-refractivity contribution in [3.63, 3.8) is 0 Å². The van der Waals surface area contributed by atoms with Crippen LogP contribution in [-0.2, 0) is 0 Å². The van der Waals surface area contributed by atoms with Crippen LogP contribution in [0.2, 0.25) is 0 Å². The van der Waals surface area contributed by atoms with Crippen LogP contribution >= 0.6 is 56.9 Å². The molecule has 0 amide bonds. The molecule has 0 aliphatic carbocycles. The Labute approximate surface area is 108 Å². The van der Waals surface area contributed by atoms with Crippen molar-refractivity contribution in [2.24, 2.45) is 0 Å². The van der Waals surface area contributed by atoms with E-state index in [0.29, 0.717) is 2.75 Å². The number of hydrogen-bond acceptors (Lipinski definition) is 1. The Morgan fingerprint density at radius 3 is 1.67 bits per heavy atom. The molecule has 0 saturated heterocycles. The summed E-state index contributed by atoms with van der Waals surface area (Å²) >= 11 is 6.91. The predicted molar refractivity (Wildman–Crippen MR) is 77.5 cm³/mol. The Kier molecular flexibility index (Phi) is 5.49. The highest BCUT2D eigenvalue weighted by atomic mass is 127. The van der Waals surface area contributed by atoms with Crippen LogP contribution in [0.5, 0.6) is 0 Å². The van der Waals surface area contributed by atoms with E-state index in [0.717, 1.165) is 0 Å². The van der Waals surface area contributed by atoms with Crippen molar-refractivity contribution >= 4 is 56.9 Å². The molecule has 0 fully saturated rings. The van der Waals surface area contributed by atoms with Gasteiger partial charge in [0.15, 0.2) is 0 Å². The minimum absolute atomic E-state index is 0.264. The maximum Gasteiger partial charge on any atom is 0.0661 e. The standard InChI is InChI=1S/C9H16I2S/c1-6-7(8(2,3)10)12-9(4,5)11/h6H,1-5H3/b7-6-. The molecule has 0 radical (unpaired) electrons. The number of alkyl halides is 2. The summed E-state index contributed by atoms with van der Waals surface area (Å²) in [6, 6.07) is 0. The van der Waals surface area contributed by atoms with Gasteiger partial charge < -0.3 is 0 Å². The highest BCUT2D eigenvalue weighted by Gasteiger charge is 2.24. The van der Waals surface area contributed by atoms with Crippen LogP contribution < -0.4 is 0 Å². The van der Waals surface area contributed by atoms with Crippen molar-refractivity contribution in [1.82, 2.24) is 0 Å². The molecule has 0 heterocycles. The number of hydrogen-bond donors (Lipinski definition) is 0. The van der Waals surface area contributed by atoms with Crippen LogP contribution in [0, 0.1) is 0 Å². The zero-order valence-electron chi connectivity index (χ0n) is 8.24. The average molecular weight is 410 g/mol. The maximum atomic E-state index is 2.49. The summed E-state index contributed by atoms with van der Waals surface area (Å²) in [6.07, 6.45) is 2.22. The first-order valence-corrected chi connectivity index (χ1v) is 6.88. The quantitative estimate of drug-likeness (QED) is 0.466. The molecule has 0 atom stereocenters. The lowest BCUT2D eigenvalue weighted by molar-refractivity contribution is 0.921. The van der Waals surface area contributed by atoms with E-state index < -0.39 is 0 Å². The number of thioether (sulfide) groups is 1. The van der Waals surface area contributed by atoms with E-state index in [1.165, 1.54) is 4.91 Å². The molecule has 72 valence electrons. The number of allylic oxidation sites excluding steroid dienone is 2. The summed E-state index contributed by atoms with van der Waals surface area (Å²) in [7, 11) is 0. The molecule has 0 saturated carbocycles. The highest BCUT2D eigenvalue weighted by Crippen LogP contribution is 2.44. The van der Waals surface area contributed by atoms with Gasteiger partial charge in [-0.25, -0.2) is 0 Å². The normalized spacial score (nSPS) is 15.1. The topological polar surface area (TPSA) is 0 Å². The zero-order chi connectivity index (χ0) is 9.99. The third-order valence-corrected chi connectivity index (χ3v) is 4.26. The molecule has 0 nitrogen and oxygen atoms in total. The van der Waals surface area contributed by atoms with E-state index in [-0.39, 0.29) is 3.42 Å². The molecular formula is C9H16I2S. The fourth-order valence-electron chi connectivity index (χ4n) is 0.785. The van der Waals surface area contributed by atoms with Crippen LogP contribution in [0.25, 0.3) is 0 Å². The zero-order valence-corrected chi connectivity index (χ0v) is 13.4. The van der Waals surface area contributed by atoms with Crippen LogP contribution in [-0.4, -0.2) is 6.18 Å². The summed E-state index contributed by atoms with van der Waals surface area (Å²) in [5, 5.41) is 0. The van der Waals surface area contributed by atoms with Crippen molar-refractivity contribution in [3.8, 4) is 0 Å². The molecule has 12 heavy (non-hydrogen) atoms. The van der Waals surface area contributed by atoms with E-state index in [2.05, 4.69) is 85.9 Å². The van der Waals surface area contributed by atoms with Crippen LogP contribution in [0.1, 0.15) is 34.6 Å². The van der Waals surface area contributed by atoms with Gasteiger partial charge in [-0.1, -0.05) is 51.3 Å². The van der Waals surface area contributed by atoms with E-state index >= 15 is 0 Å². The minimum Gasteiger partial charge on any atom is -0.113 e. The van der Waals surface area contributed by atoms with Gasteiger partial charge in [-0.05, 0) is 39.5 Å². The van der Waals surface area contributed by atoms with Gasteiger partial charge in [0.05, 0.1) is 2.75 Å². The van der Waals surface area contributed by atoms with Crippen LogP contribution in [0.3, 0.4) is 0 Å². The molecule has 0 bridgehead atoms. The lowest BCUT2D eigenvalue weighted by Gasteiger charge is -2.26. The lowest BCUT2D eigenvalue weighted by atomic mass is 10.2. The monoisotopic (exact) mass is 410 g/mol. The van der Waals surface area contributed by atoms with Gasteiger partial charge in [0.25, 0.3) is 0 Å². The Bertz CT molecular complexity index is 172. The van der Waals surface area contributed by atoms with E-state index in [1.54, 1.807) is 0 Å². The minimum atomic E-state index is 0.264. The Morgan fingerprint density at radius 1 is 1.17 bits per heavy atom. The van der Waals surface area contributed by atoms with Crippen molar-refractivity contribution < 1.29 is 0 Å². The molecule has 0 aromatic rings. The lowest BCUT2D eigenvalue weighted by Crippen LogP contribution is -2.15. The third kappa shape index (κ3) is 6.07. The van der Waals surface area contributed by atoms with Crippen molar-refractivity contribution in [2.45, 2.75) is 40.8 Å². The Morgan fingerprint density at radius 2 is 1.58 bits per heavy atom. The first kappa shape index (κ1) is 13.5. The highest BCUT2D eigenvalue weighted by molar-refractivity contribution is 14.1. The average Bonchev–Trinajstić information content (AvgIpc) is 1.78. The predicted octanol–water partition coefficient (Wildman–Crippen LogP) is 5.01. The molecule has 3 heteroatoms. The third-order valence-electron chi connectivity index (χ3n) is 1.20. The van der Waals surface area contributed by atoms with E-state index in [4.69, 9.17) is 0 Å². The fourth-order valence-corrected chi connectivity index (χ4v) is 3.02. The van der Waals surface area contributed by atoms with Crippen molar-refractivity contribution in [3.05, 3.63) is 11.0 Å². The molecule has 0 aromatic heterocycles. The second-order valence-electron chi connectivity index (χ2n) is 3.59. The van der Waals surface area contributed by atoms with Gasteiger partial charge in [0, 0.05) is 3.42 Å². The first-order chi connectivity index (χ1) is 5.17. The second kappa shape index (κ2) is 4.87. The Hall–Kier alpha value is 1.55. The summed E-state index contributed by atoms with van der Waals surface area (Å²) in [5.41, 5.74) is 0. The smallest absolute Gasteiger partial charge is 0.0661 e. The van der Waals surface area contributed by atoms with E-state index in [1.807, 2.05) is 11.8 Å². The summed E-state index contributed by atoms with van der Waals surface area (Å²) < 4.78 is 0.557. The molecule has 0 spiro atoms. The summed E-state index contributed by atoms with van der Waals surface area (Å²) in [6.45, 7) is 11.1. The van der Waals surface area contributed by atoms with Crippen LogP contribution in [0.15, 0.2) is 11.0 Å². The summed E-state index contributed by atoms with van der Waals surface area (Å²) in [4.78, 5) is 1.46.